The smallest absolute Gasteiger partial charge is 0.142 e. The fourth-order valence-electron chi connectivity index (χ4n) is 4.32. The van der Waals surface area contributed by atoms with Crippen LogP contribution in [0.2, 0.25) is 0 Å². The van der Waals surface area contributed by atoms with Gasteiger partial charge in [0.05, 0.1) is 6.04 Å². The van der Waals surface area contributed by atoms with Gasteiger partial charge >= 0.3 is 0 Å². The van der Waals surface area contributed by atoms with E-state index in [1.54, 1.807) is 12.2 Å². The van der Waals surface area contributed by atoms with E-state index in [9.17, 15) is 5.26 Å². The number of para-hydroxylation sites is 1. The second-order valence-electron chi connectivity index (χ2n) is 7.81. The van der Waals surface area contributed by atoms with E-state index in [1.807, 2.05) is 6.92 Å². The molecule has 4 nitrogen and oxygen atoms in total. The zero-order chi connectivity index (χ0) is 21.3. The van der Waals surface area contributed by atoms with Gasteiger partial charge in [0.15, 0.2) is 0 Å². The van der Waals surface area contributed by atoms with Crippen molar-refractivity contribution in [3.8, 4) is 6.07 Å². The molecule has 0 saturated heterocycles. The van der Waals surface area contributed by atoms with Crippen LogP contribution in [0.5, 0.6) is 0 Å². The first-order valence-electron chi connectivity index (χ1n) is 10.2. The molecule has 2 aromatic carbocycles. The number of hydrogen-bond acceptors (Lipinski definition) is 2. The van der Waals surface area contributed by atoms with Crippen molar-refractivity contribution in [1.29, 1.82) is 5.26 Å². The molecular weight excluding hydrogens is 368 g/mol. The number of nitrogens with one attached hydrogen (secondary N) is 1. The van der Waals surface area contributed by atoms with E-state index in [4.69, 9.17) is 0 Å². The standard InChI is InChI=1S/C26H26N4/c1-5-8-21(16-27)28-19(4)30-14-13-23-22-9-6-7-10-24(22)29-25(23)26(30)20-12-11-17(2)18(3)15-20/h5-12,15,26,29H,1,13-14H2,2-4H3/b21-8-,28-19?. The lowest BCUT2D eigenvalue weighted by atomic mass is 9.91. The van der Waals surface area contributed by atoms with Crippen LogP contribution >= 0.6 is 0 Å². The Labute approximate surface area is 177 Å². The number of amidine groups is 1. The number of aliphatic imine (C=N–C) groups is 1. The largest absolute Gasteiger partial charge is 0.356 e. The van der Waals surface area contributed by atoms with Crippen molar-refractivity contribution >= 4 is 16.7 Å². The van der Waals surface area contributed by atoms with Crippen molar-refractivity contribution < 1.29 is 0 Å². The Hall–Kier alpha value is -3.58. The van der Waals surface area contributed by atoms with Crippen LogP contribution in [0.3, 0.4) is 0 Å². The molecule has 1 aliphatic rings. The number of allylic oxidation sites excluding steroid dienone is 3. The maximum atomic E-state index is 9.41. The Morgan fingerprint density at radius 3 is 2.77 bits per heavy atom. The van der Waals surface area contributed by atoms with Gasteiger partial charge in [0.25, 0.3) is 0 Å². The van der Waals surface area contributed by atoms with E-state index < -0.39 is 0 Å². The molecule has 1 atom stereocenters. The molecule has 4 rings (SSSR count). The highest BCUT2D eigenvalue weighted by Gasteiger charge is 2.32. The number of fused-ring (bicyclic) bond motifs is 3. The first-order chi connectivity index (χ1) is 14.5. The highest BCUT2D eigenvalue weighted by Crippen LogP contribution is 2.39. The third kappa shape index (κ3) is 3.44. The zero-order valence-electron chi connectivity index (χ0n) is 17.7. The maximum Gasteiger partial charge on any atom is 0.142 e. The summed E-state index contributed by atoms with van der Waals surface area (Å²) in [6, 6.07) is 17.3. The summed E-state index contributed by atoms with van der Waals surface area (Å²) in [6.45, 7) is 10.8. The third-order valence-electron chi connectivity index (χ3n) is 5.97. The van der Waals surface area contributed by atoms with E-state index >= 15 is 0 Å². The minimum atomic E-state index is 0.0212. The molecular formula is C26H26N4. The van der Waals surface area contributed by atoms with Crippen molar-refractivity contribution in [2.75, 3.05) is 6.54 Å². The van der Waals surface area contributed by atoms with Crippen LogP contribution < -0.4 is 0 Å². The van der Waals surface area contributed by atoms with E-state index in [0.29, 0.717) is 5.70 Å². The van der Waals surface area contributed by atoms with Gasteiger partial charge in [-0.05, 0) is 61.6 Å². The minimum Gasteiger partial charge on any atom is -0.356 e. The number of H-pyrrole nitrogens is 1. The minimum absolute atomic E-state index is 0.0212. The predicted molar refractivity (Wildman–Crippen MR) is 123 cm³/mol. The average Bonchev–Trinajstić information content (AvgIpc) is 3.13. The summed E-state index contributed by atoms with van der Waals surface area (Å²) in [4.78, 5) is 10.6. The Balaban J connectivity index is 1.89. The molecule has 0 fully saturated rings. The molecule has 1 aliphatic heterocycles. The molecule has 0 aliphatic carbocycles. The van der Waals surface area contributed by atoms with E-state index in [2.05, 4.69) is 83.8 Å². The number of nitrogens with zero attached hydrogens (tertiary/aromatic N) is 3. The van der Waals surface area contributed by atoms with Gasteiger partial charge in [0, 0.05) is 23.1 Å². The molecule has 2 heterocycles. The van der Waals surface area contributed by atoms with Crippen molar-refractivity contribution in [2.24, 2.45) is 4.99 Å². The van der Waals surface area contributed by atoms with Crippen LogP contribution in [-0.4, -0.2) is 22.3 Å². The quantitative estimate of drug-likeness (QED) is 0.266. The maximum absolute atomic E-state index is 9.41. The summed E-state index contributed by atoms with van der Waals surface area (Å²) in [5.41, 5.74) is 7.90. The monoisotopic (exact) mass is 394 g/mol. The molecule has 0 saturated carbocycles. The van der Waals surface area contributed by atoms with Crippen LogP contribution in [0.1, 0.15) is 40.9 Å². The number of rotatable bonds is 3. The number of nitriles is 1. The van der Waals surface area contributed by atoms with Gasteiger partial charge in [-0.3, -0.25) is 0 Å². The Morgan fingerprint density at radius 1 is 1.23 bits per heavy atom. The number of aromatic amines is 1. The van der Waals surface area contributed by atoms with Crippen molar-refractivity contribution in [2.45, 2.75) is 33.2 Å². The van der Waals surface area contributed by atoms with Gasteiger partial charge in [-0.1, -0.05) is 49.1 Å². The highest BCUT2D eigenvalue weighted by atomic mass is 15.2. The molecule has 150 valence electrons. The fourth-order valence-corrected chi connectivity index (χ4v) is 4.32. The second kappa shape index (κ2) is 8.04. The van der Waals surface area contributed by atoms with Gasteiger partial charge in [0.2, 0.25) is 0 Å². The van der Waals surface area contributed by atoms with Crippen molar-refractivity contribution in [1.82, 2.24) is 9.88 Å². The zero-order valence-corrected chi connectivity index (χ0v) is 17.7. The molecule has 4 heteroatoms. The summed E-state index contributed by atoms with van der Waals surface area (Å²) in [7, 11) is 0. The normalized spacial score (nSPS) is 17.0. The van der Waals surface area contributed by atoms with Crippen LogP contribution in [0, 0.1) is 25.2 Å². The van der Waals surface area contributed by atoms with Gasteiger partial charge < -0.3 is 9.88 Å². The van der Waals surface area contributed by atoms with Gasteiger partial charge in [-0.25, -0.2) is 4.99 Å². The number of aryl methyl sites for hydroxylation is 2. The van der Waals surface area contributed by atoms with Gasteiger partial charge in [-0.15, -0.1) is 0 Å². The number of benzene rings is 2. The highest BCUT2D eigenvalue weighted by molar-refractivity contribution is 5.87. The average molecular weight is 395 g/mol. The van der Waals surface area contributed by atoms with Gasteiger partial charge in [0.1, 0.15) is 17.6 Å². The Kier molecular flexibility index (Phi) is 5.29. The summed E-state index contributed by atoms with van der Waals surface area (Å²) >= 11 is 0. The molecule has 0 radical (unpaired) electrons. The lowest BCUT2D eigenvalue weighted by molar-refractivity contribution is 0.332. The molecule has 30 heavy (non-hydrogen) atoms. The van der Waals surface area contributed by atoms with Crippen molar-refractivity contribution in [3.05, 3.63) is 94.8 Å². The molecule has 3 aromatic rings. The SMILES string of the molecule is C=C/C=C(/C#N)N=C(C)N1CCc2c([nH]c3ccccc23)C1c1ccc(C)c(C)c1. The van der Waals surface area contributed by atoms with E-state index in [-0.39, 0.29) is 6.04 Å². The molecule has 0 amide bonds. The topological polar surface area (TPSA) is 55.2 Å². The van der Waals surface area contributed by atoms with Crippen molar-refractivity contribution in [3.63, 3.8) is 0 Å². The number of aromatic nitrogens is 1. The molecule has 1 unspecified atom stereocenters. The molecule has 1 aromatic heterocycles. The molecule has 0 bridgehead atoms. The van der Waals surface area contributed by atoms with Crippen LogP contribution in [0.15, 0.2) is 71.9 Å². The fraction of sp³-hybridized carbons (Fsp3) is 0.231. The first-order valence-corrected chi connectivity index (χ1v) is 10.2. The van der Waals surface area contributed by atoms with Crippen LogP contribution in [0.25, 0.3) is 10.9 Å². The Morgan fingerprint density at radius 2 is 2.03 bits per heavy atom. The molecule has 0 spiro atoms. The summed E-state index contributed by atoms with van der Waals surface area (Å²) < 4.78 is 0. The van der Waals surface area contributed by atoms with E-state index in [1.165, 1.54) is 33.3 Å². The third-order valence-corrected chi connectivity index (χ3v) is 5.97. The second-order valence-corrected chi connectivity index (χ2v) is 7.81. The summed E-state index contributed by atoms with van der Waals surface area (Å²) in [5, 5.41) is 10.7. The lowest BCUT2D eigenvalue weighted by Crippen LogP contribution is -2.39. The predicted octanol–water partition coefficient (Wildman–Crippen LogP) is 5.74. The van der Waals surface area contributed by atoms with E-state index in [0.717, 1.165) is 24.3 Å². The lowest BCUT2D eigenvalue weighted by Gasteiger charge is -2.37. The van der Waals surface area contributed by atoms with Crippen LogP contribution in [-0.2, 0) is 6.42 Å². The number of hydrogen-bond donors (Lipinski definition) is 1. The first kappa shape index (κ1) is 19.7. The molecule has 1 N–H and O–H groups in total. The summed E-state index contributed by atoms with van der Waals surface area (Å²) in [6.07, 6.45) is 4.18. The van der Waals surface area contributed by atoms with Crippen LogP contribution in [0.4, 0.5) is 0 Å². The Bertz CT molecular complexity index is 1220. The van der Waals surface area contributed by atoms with Gasteiger partial charge in [-0.2, -0.15) is 5.26 Å². The summed E-state index contributed by atoms with van der Waals surface area (Å²) in [5.74, 6) is 0.831.